The van der Waals surface area contributed by atoms with Gasteiger partial charge in [-0.3, -0.25) is 4.79 Å². The van der Waals surface area contributed by atoms with Gasteiger partial charge < -0.3 is 25.3 Å². The van der Waals surface area contributed by atoms with Crippen LogP contribution in [0.1, 0.15) is 16.8 Å². The van der Waals surface area contributed by atoms with Gasteiger partial charge in [0, 0.05) is 86.8 Å². The molecule has 0 bridgehead atoms. The fraction of sp³-hybridized carbons (Fsp3) is 0.457. The number of carbonyl (C=O) groups is 1. The maximum atomic E-state index is 14.1. The highest BCUT2D eigenvalue weighted by atomic mass is 32.2. The average molecular weight is 781 g/mol. The van der Waals surface area contributed by atoms with Crippen molar-refractivity contribution in [2.45, 2.75) is 32.7 Å². The molecule has 3 aromatic carbocycles. The molecule has 3 atom stereocenters. The molecular formula is C35H43F3N6O5S3. The third-order valence-corrected chi connectivity index (χ3v) is 13.8. The van der Waals surface area contributed by atoms with Crippen LogP contribution in [0.3, 0.4) is 0 Å². The summed E-state index contributed by atoms with van der Waals surface area (Å²) in [5, 5.41) is 6.27. The zero-order valence-corrected chi connectivity index (χ0v) is 31.1. The number of sulfonamides is 1. The van der Waals surface area contributed by atoms with Crippen molar-refractivity contribution in [1.29, 1.82) is 0 Å². The number of likely N-dealkylation sites (tertiary alicyclic amines) is 1. The van der Waals surface area contributed by atoms with Crippen molar-refractivity contribution in [3.05, 3.63) is 78.4 Å². The van der Waals surface area contributed by atoms with Gasteiger partial charge in [0.15, 0.2) is 0 Å². The van der Waals surface area contributed by atoms with E-state index in [4.69, 9.17) is 0 Å². The van der Waals surface area contributed by atoms with Gasteiger partial charge in [-0.15, -0.1) is 11.8 Å². The number of hydrogen-bond donors (Lipinski definition) is 3. The number of carbonyl (C=O) groups excluding carboxylic acids is 1. The van der Waals surface area contributed by atoms with Crippen LogP contribution in [0, 0.1) is 11.8 Å². The summed E-state index contributed by atoms with van der Waals surface area (Å²) < 4.78 is 96.9. The molecular weight excluding hydrogens is 738 g/mol. The smallest absolute Gasteiger partial charge is 0.380 e. The van der Waals surface area contributed by atoms with Crippen molar-refractivity contribution in [1.82, 2.24) is 19.8 Å². The summed E-state index contributed by atoms with van der Waals surface area (Å²) in [5.74, 6) is 0.390. The fourth-order valence-electron chi connectivity index (χ4n) is 7.06. The number of nitrogens with one attached hydrogen (secondary N) is 3. The molecule has 3 heterocycles. The van der Waals surface area contributed by atoms with E-state index in [-0.39, 0.29) is 11.3 Å². The SMILES string of the molecule is CN1CC2CN(c3cccc(C(=O)NS(=O)(=O)c4ccc(N[C@H](CCN5CCNCC5)CSc5ccccc5)c(S(=O)(=O)C(F)(F)F)c4)c3)CC2C1. The number of benzene rings is 3. The predicted octanol–water partition coefficient (Wildman–Crippen LogP) is 3.96. The number of amides is 1. The number of halogens is 3. The van der Waals surface area contributed by atoms with E-state index >= 15 is 0 Å². The quantitative estimate of drug-likeness (QED) is 0.218. The number of thioether (sulfide) groups is 1. The van der Waals surface area contributed by atoms with E-state index < -0.39 is 47.1 Å². The summed E-state index contributed by atoms with van der Waals surface area (Å²) in [4.78, 5) is 18.8. The molecule has 2 unspecified atom stereocenters. The van der Waals surface area contributed by atoms with Crippen molar-refractivity contribution in [2.75, 3.05) is 81.9 Å². The highest BCUT2D eigenvalue weighted by Crippen LogP contribution is 2.37. The molecule has 0 saturated carbocycles. The second kappa shape index (κ2) is 15.9. The Bertz CT molecular complexity index is 1930. The maximum Gasteiger partial charge on any atom is 0.501 e. The van der Waals surface area contributed by atoms with Gasteiger partial charge in [-0.25, -0.2) is 21.6 Å². The number of piperazine rings is 1. The highest BCUT2D eigenvalue weighted by Gasteiger charge is 2.48. The number of anilines is 2. The first-order valence-electron chi connectivity index (χ1n) is 17.1. The lowest BCUT2D eigenvalue weighted by Gasteiger charge is -2.29. The van der Waals surface area contributed by atoms with Crippen LogP contribution in [0.5, 0.6) is 0 Å². The molecule has 3 saturated heterocycles. The molecule has 3 aliphatic rings. The van der Waals surface area contributed by atoms with Crippen molar-refractivity contribution < 1.29 is 34.8 Å². The molecule has 0 radical (unpaired) electrons. The Morgan fingerprint density at radius 3 is 2.29 bits per heavy atom. The van der Waals surface area contributed by atoms with Crippen molar-refractivity contribution in [3.63, 3.8) is 0 Å². The monoisotopic (exact) mass is 780 g/mol. The van der Waals surface area contributed by atoms with Gasteiger partial charge in [-0.1, -0.05) is 24.3 Å². The molecule has 0 spiro atoms. The number of nitrogens with zero attached hydrogens (tertiary/aromatic N) is 3. The normalized spacial score (nSPS) is 20.8. The molecule has 11 nitrogen and oxygen atoms in total. The highest BCUT2D eigenvalue weighted by molar-refractivity contribution is 7.99. The molecule has 3 aliphatic heterocycles. The second-order valence-corrected chi connectivity index (χ2v) is 18.3. The van der Waals surface area contributed by atoms with Gasteiger partial charge in [0.1, 0.15) is 4.90 Å². The summed E-state index contributed by atoms with van der Waals surface area (Å²) in [7, 11) is -8.73. The molecule has 6 rings (SSSR count). The molecule has 52 heavy (non-hydrogen) atoms. The molecule has 3 fully saturated rings. The second-order valence-electron chi connectivity index (χ2n) is 13.6. The zero-order valence-electron chi connectivity index (χ0n) is 28.7. The van der Waals surface area contributed by atoms with Crippen molar-refractivity contribution >= 4 is 48.9 Å². The Labute approximate surface area is 307 Å². The van der Waals surface area contributed by atoms with E-state index in [1.165, 1.54) is 17.8 Å². The molecule has 17 heteroatoms. The van der Waals surface area contributed by atoms with Gasteiger partial charge in [-0.05, 0) is 73.8 Å². The minimum atomic E-state index is -6.02. The third-order valence-electron chi connectivity index (χ3n) is 9.78. The van der Waals surface area contributed by atoms with Crippen molar-refractivity contribution in [2.24, 2.45) is 11.8 Å². The number of rotatable bonds is 13. The molecule has 3 aromatic rings. The summed E-state index contributed by atoms with van der Waals surface area (Å²) >= 11 is 1.47. The summed E-state index contributed by atoms with van der Waals surface area (Å²) in [6.07, 6.45) is 0.482. The van der Waals surface area contributed by atoms with Gasteiger partial charge >= 0.3 is 5.51 Å². The number of sulfone groups is 1. The Hall–Kier alpha value is -3.35. The van der Waals surface area contributed by atoms with Crippen LogP contribution in [0.25, 0.3) is 0 Å². The van der Waals surface area contributed by atoms with E-state index in [2.05, 4.69) is 32.4 Å². The molecule has 0 aromatic heterocycles. The number of hydrogen-bond acceptors (Lipinski definition) is 11. The van der Waals surface area contributed by atoms with Gasteiger partial charge in [0.2, 0.25) is 0 Å². The van der Waals surface area contributed by atoms with E-state index in [0.717, 1.165) is 75.1 Å². The lowest BCUT2D eigenvalue weighted by molar-refractivity contribution is -0.0435. The zero-order chi connectivity index (χ0) is 37.1. The van der Waals surface area contributed by atoms with Gasteiger partial charge in [-0.2, -0.15) is 13.2 Å². The Balaban J connectivity index is 1.23. The molecule has 1 amide bonds. The fourth-order valence-corrected chi connectivity index (χ4v) is 10.1. The minimum Gasteiger partial charge on any atom is -0.380 e. The first kappa shape index (κ1) is 38.4. The summed E-state index contributed by atoms with van der Waals surface area (Å²) in [6, 6.07) is 17.9. The minimum absolute atomic E-state index is 0.0416. The van der Waals surface area contributed by atoms with E-state index in [9.17, 15) is 34.8 Å². The van der Waals surface area contributed by atoms with Crippen molar-refractivity contribution in [3.8, 4) is 0 Å². The largest absolute Gasteiger partial charge is 0.501 e. The van der Waals surface area contributed by atoms with Gasteiger partial charge in [0.25, 0.3) is 25.8 Å². The van der Waals surface area contributed by atoms with Crippen LogP contribution >= 0.6 is 11.8 Å². The maximum absolute atomic E-state index is 14.1. The van der Waals surface area contributed by atoms with Crippen LogP contribution in [0.2, 0.25) is 0 Å². The van der Waals surface area contributed by atoms with Crippen LogP contribution < -0.4 is 20.3 Å². The molecule has 3 N–H and O–H groups in total. The standard InChI is InChI=1S/C35H43F3N6O5S3/c1-42-20-26-22-44(23-27(26)21-42)29-7-5-6-25(18-29)34(45)41-52(48,49)31-10-11-32(33(19-31)51(46,47)35(36,37)38)40-28(12-15-43-16-13-39-14-17-43)24-50-30-8-3-2-4-9-30/h2-11,18-19,26-28,39-40H,12-17,20-24H2,1H3,(H,41,45)/t26?,27?,28-/m1/s1. The number of alkyl halides is 3. The van der Waals surface area contributed by atoms with Crippen LogP contribution in [0.15, 0.2) is 87.5 Å². The summed E-state index contributed by atoms with van der Waals surface area (Å²) in [5.41, 5.74) is -5.29. The topological polar surface area (TPSA) is 131 Å². The lowest BCUT2D eigenvalue weighted by Crippen LogP contribution is -2.44. The van der Waals surface area contributed by atoms with Crippen LogP contribution in [-0.2, 0) is 19.9 Å². The van der Waals surface area contributed by atoms with E-state index in [0.29, 0.717) is 36.6 Å². The molecule has 282 valence electrons. The summed E-state index contributed by atoms with van der Waals surface area (Å²) in [6.45, 7) is 7.38. The third kappa shape index (κ3) is 9.05. The van der Waals surface area contributed by atoms with E-state index in [1.54, 1.807) is 12.1 Å². The lowest BCUT2D eigenvalue weighted by atomic mass is 10.0. The Morgan fingerprint density at radius 2 is 1.62 bits per heavy atom. The Kier molecular flexibility index (Phi) is 11.8. The average Bonchev–Trinajstić information content (AvgIpc) is 3.67. The molecule has 0 aliphatic carbocycles. The Morgan fingerprint density at radius 1 is 0.923 bits per heavy atom. The van der Waals surface area contributed by atoms with Gasteiger partial charge in [0.05, 0.1) is 10.6 Å². The predicted molar refractivity (Wildman–Crippen MR) is 196 cm³/mol. The first-order chi connectivity index (χ1) is 24.7. The first-order valence-corrected chi connectivity index (χ1v) is 21.1. The van der Waals surface area contributed by atoms with Crippen LogP contribution in [0.4, 0.5) is 24.5 Å². The van der Waals surface area contributed by atoms with Crippen LogP contribution in [-0.4, -0.2) is 116 Å². The number of fused-ring (bicyclic) bond motifs is 1. The van der Waals surface area contributed by atoms with E-state index in [1.807, 2.05) is 41.1 Å².